The Morgan fingerprint density at radius 2 is 2.17 bits per heavy atom. The van der Waals surface area contributed by atoms with Crippen LogP contribution in [0.3, 0.4) is 0 Å². The molecule has 1 amide bonds. The van der Waals surface area contributed by atoms with E-state index in [1.807, 2.05) is 10.6 Å². The van der Waals surface area contributed by atoms with Gasteiger partial charge in [0.25, 0.3) is 5.69 Å². The maximum Gasteiger partial charge on any atom is 0.293 e. The van der Waals surface area contributed by atoms with Gasteiger partial charge in [0.15, 0.2) is 11.0 Å². The molecular formula is C20H20N6O3S. The summed E-state index contributed by atoms with van der Waals surface area (Å²) in [6.07, 6.45) is 5.07. The summed E-state index contributed by atoms with van der Waals surface area (Å²) in [6, 6.07) is 6.91. The van der Waals surface area contributed by atoms with Crippen molar-refractivity contribution in [1.29, 1.82) is 0 Å². The van der Waals surface area contributed by atoms with Gasteiger partial charge in [0, 0.05) is 30.6 Å². The first-order valence-corrected chi connectivity index (χ1v) is 10.0. The Morgan fingerprint density at radius 3 is 2.83 bits per heavy atom. The summed E-state index contributed by atoms with van der Waals surface area (Å²) in [5.41, 5.74) is 2.27. The molecule has 30 heavy (non-hydrogen) atoms. The van der Waals surface area contributed by atoms with Gasteiger partial charge < -0.3 is 5.32 Å². The van der Waals surface area contributed by atoms with Crippen molar-refractivity contribution in [2.75, 3.05) is 11.1 Å². The van der Waals surface area contributed by atoms with E-state index in [9.17, 15) is 14.9 Å². The zero-order chi connectivity index (χ0) is 21.7. The second-order valence-electron chi connectivity index (χ2n) is 6.52. The van der Waals surface area contributed by atoms with E-state index in [2.05, 4.69) is 27.1 Å². The predicted octanol–water partition coefficient (Wildman–Crippen LogP) is 3.78. The molecule has 1 N–H and O–H groups in total. The Kier molecular flexibility index (Phi) is 6.58. The molecule has 0 aliphatic rings. The van der Waals surface area contributed by atoms with E-state index in [-0.39, 0.29) is 23.0 Å². The molecule has 0 atom stereocenters. The number of thioether (sulfide) groups is 1. The van der Waals surface area contributed by atoms with Gasteiger partial charge in [0.1, 0.15) is 5.69 Å². The fourth-order valence-electron chi connectivity index (χ4n) is 2.96. The van der Waals surface area contributed by atoms with Crippen LogP contribution in [0.15, 0.2) is 54.5 Å². The molecule has 0 saturated heterocycles. The first-order valence-electron chi connectivity index (χ1n) is 9.03. The standard InChI is InChI=1S/C20H20N6O3S/c1-4-8-25-19(15-6-5-7-21-11-15)23-24-20(25)30-12-17(27)22-18-14(3)9-13(2)10-16(18)26(28)29/h4-7,9-11H,1,8,12H2,2-3H3,(H,22,27). The normalized spacial score (nSPS) is 10.6. The Morgan fingerprint density at radius 1 is 1.37 bits per heavy atom. The Balaban J connectivity index is 1.77. The molecule has 10 heteroatoms. The van der Waals surface area contributed by atoms with E-state index in [0.29, 0.717) is 23.1 Å². The van der Waals surface area contributed by atoms with Crippen LogP contribution in [-0.2, 0) is 11.3 Å². The van der Waals surface area contributed by atoms with Gasteiger partial charge in [-0.1, -0.05) is 23.9 Å². The highest BCUT2D eigenvalue weighted by Crippen LogP contribution is 2.30. The molecule has 0 fully saturated rings. The number of aryl methyl sites for hydroxylation is 2. The van der Waals surface area contributed by atoms with E-state index in [1.165, 1.54) is 17.8 Å². The summed E-state index contributed by atoms with van der Waals surface area (Å²) in [4.78, 5) is 27.5. The molecule has 0 bridgehead atoms. The average Bonchev–Trinajstić information content (AvgIpc) is 3.11. The number of rotatable bonds is 8. The first kappa shape index (κ1) is 21.2. The molecule has 0 aliphatic carbocycles. The summed E-state index contributed by atoms with van der Waals surface area (Å²) < 4.78 is 1.83. The van der Waals surface area contributed by atoms with E-state index in [0.717, 1.165) is 11.1 Å². The zero-order valence-electron chi connectivity index (χ0n) is 16.5. The molecule has 0 radical (unpaired) electrons. The van der Waals surface area contributed by atoms with Crippen molar-refractivity contribution in [2.45, 2.75) is 25.5 Å². The van der Waals surface area contributed by atoms with Crippen molar-refractivity contribution in [2.24, 2.45) is 0 Å². The largest absolute Gasteiger partial charge is 0.319 e. The highest BCUT2D eigenvalue weighted by atomic mass is 32.2. The molecule has 9 nitrogen and oxygen atoms in total. The van der Waals surface area contributed by atoms with Gasteiger partial charge in [-0.05, 0) is 37.1 Å². The number of hydrogen-bond acceptors (Lipinski definition) is 7. The summed E-state index contributed by atoms with van der Waals surface area (Å²) in [7, 11) is 0. The molecule has 0 spiro atoms. The number of benzene rings is 1. The van der Waals surface area contributed by atoms with Crippen LogP contribution in [0.1, 0.15) is 11.1 Å². The lowest BCUT2D eigenvalue weighted by atomic mass is 10.1. The fourth-order valence-corrected chi connectivity index (χ4v) is 3.70. The highest BCUT2D eigenvalue weighted by molar-refractivity contribution is 7.99. The number of nitrogens with one attached hydrogen (secondary N) is 1. The van der Waals surface area contributed by atoms with Gasteiger partial charge in [0.2, 0.25) is 5.91 Å². The summed E-state index contributed by atoms with van der Waals surface area (Å²) >= 11 is 1.19. The van der Waals surface area contributed by atoms with Crippen LogP contribution < -0.4 is 5.32 Å². The zero-order valence-corrected chi connectivity index (χ0v) is 17.3. The lowest BCUT2D eigenvalue weighted by Gasteiger charge is -2.10. The Bertz CT molecular complexity index is 1100. The minimum atomic E-state index is -0.496. The Labute approximate surface area is 177 Å². The van der Waals surface area contributed by atoms with Crippen molar-refractivity contribution in [3.8, 4) is 11.4 Å². The number of allylic oxidation sites excluding steroid dienone is 1. The molecule has 1 aromatic carbocycles. The summed E-state index contributed by atoms with van der Waals surface area (Å²) in [6.45, 7) is 7.72. The summed E-state index contributed by atoms with van der Waals surface area (Å²) in [5, 5.41) is 22.9. The number of pyridine rings is 1. The lowest BCUT2D eigenvalue weighted by molar-refractivity contribution is -0.384. The maximum absolute atomic E-state index is 12.5. The minimum Gasteiger partial charge on any atom is -0.319 e. The number of amides is 1. The molecule has 154 valence electrons. The van der Waals surface area contributed by atoms with Gasteiger partial charge in [-0.25, -0.2) is 0 Å². The van der Waals surface area contributed by atoms with Crippen LogP contribution in [0.4, 0.5) is 11.4 Å². The maximum atomic E-state index is 12.5. The van der Waals surface area contributed by atoms with Gasteiger partial charge in [-0.2, -0.15) is 0 Å². The number of hydrogen-bond donors (Lipinski definition) is 1. The number of nitro benzene ring substituents is 1. The first-order chi connectivity index (χ1) is 14.4. The Hall–Kier alpha value is -3.53. The molecule has 2 heterocycles. The van der Waals surface area contributed by atoms with Crippen LogP contribution in [0.25, 0.3) is 11.4 Å². The topological polar surface area (TPSA) is 116 Å². The quantitative estimate of drug-likeness (QED) is 0.253. The lowest BCUT2D eigenvalue weighted by Crippen LogP contribution is -2.16. The smallest absolute Gasteiger partial charge is 0.293 e. The number of carbonyl (C=O) groups excluding carboxylic acids is 1. The van der Waals surface area contributed by atoms with Crippen molar-refractivity contribution in [1.82, 2.24) is 19.7 Å². The van der Waals surface area contributed by atoms with Gasteiger partial charge in [-0.15, -0.1) is 16.8 Å². The molecule has 0 aliphatic heterocycles. The van der Waals surface area contributed by atoms with E-state index >= 15 is 0 Å². The predicted molar refractivity (Wildman–Crippen MR) is 115 cm³/mol. The third kappa shape index (κ3) is 4.71. The molecule has 3 aromatic rings. The molecule has 0 saturated carbocycles. The SMILES string of the molecule is C=CCn1c(SCC(=O)Nc2c(C)cc(C)cc2[N+](=O)[O-])nnc1-c1cccnc1. The second kappa shape index (κ2) is 9.31. The monoisotopic (exact) mass is 424 g/mol. The number of anilines is 1. The molecular weight excluding hydrogens is 404 g/mol. The van der Waals surface area contributed by atoms with E-state index in [1.54, 1.807) is 44.4 Å². The molecule has 3 rings (SSSR count). The third-order valence-corrected chi connectivity index (χ3v) is 5.17. The number of aromatic nitrogens is 4. The number of carbonyl (C=O) groups is 1. The third-order valence-electron chi connectivity index (χ3n) is 4.20. The highest BCUT2D eigenvalue weighted by Gasteiger charge is 2.20. The molecule has 2 aromatic heterocycles. The van der Waals surface area contributed by atoms with Crippen molar-refractivity contribution in [3.05, 3.63) is 70.6 Å². The van der Waals surface area contributed by atoms with Crippen LogP contribution in [0, 0.1) is 24.0 Å². The molecule has 0 unspecified atom stereocenters. The second-order valence-corrected chi connectivity index (χ2v) is 7.46. The van der Waals surface area contributed by atoms with E-state index in [4.69, 9.17) is 0 Å². The van der Waals surface area contributed by atoms with Crippen LogP contribution >= 0.6 is 11.8 Å². The van der Waals surface area contributed by atoms with Crippen LogP contribution in [-0.4, -0.2) is 36.3 Å². The van der Waals surface area contributed by atoms with Gasteiger partial charge >= 0.3 is 0 Å². The van der Waals surface area contributed by atoms with Crippen molar-refractivity contribution < 1.29 is 9.72 Å². The summed E-state index contributed by atoms with van der Waals surface area (Å²) in [5.74, 6) is 0.273. The van der Waals surface area contributed by atoms with Gasteiger partial charge in [-0.3, -0.25) is 24.5 Å². The van der Waals surface area contributed by atoms with Crippen LogP contribution in [0.5, 0.6) is 0 Å². The van der Waals surface area contributed by atoms with Gasteiger partial charge in [0.05, 0.1) is 10.7 Å². The van der Waals surface area contributed by atoms with Crippen LogP contribution in [0.2, 0.25) is 0 Å². The minimum absolute atomic E-state index is 0.0206. The van der Waals surface area contributed by atoms with Crippen molar-refractivity contribution in [3.63, 3.8) is 0 Å². The fraction of sp³-hybridized carbons (Fsp3) is 0.200. The van der Waals surface area contributed by atoms with Crippen molar-refractivity contribution >= 4 is 29.0 Å². The number of nitrogens with zero attached hydrogens (tertiary/aromatic N) is 5. The van der Waals surface area contributed by atoms with E-state index < -0.39 is 4.92 Å². The number of nitro groups is 1. The average molecular weight is 424 g/mol.